The van der Waals surface area contributed by atoms with E-state index in [1.165, 1.54) is 0 Å². The number of nitrogens with two attached hydrogens (primary N) is 1. The maximum Gasteiger partial charge on any atom is 0.468 e. The Morgan fingerprint density at radius 3 is 2.24 bits per heavy atom. The quantitative estimate of drug-likeness (QED) is 0.897. The Bertz CT molecular complexity index is 377. The molecule has 0 aromatic carbocycles. The van der Waals surface area contributed by atoms with E-state index in [1.807, 2.05) is 0 Å². The summed E-state index contributed by atoms with van der Waals surface area (Å²) in [5.41, 5.74) is 5.23. The molecule has 0 spiro atoms. The standard InChI is InChI=1S/C11H17F3N2O/c1-10(2,3)8-7(5-4-6-15)17-9(16-8)11(12,13)14/h4-6,15H2,1-3H3. The summed E-state index contributed by atoms with van der Waals surface area (Å²) < 4.78 is 42.3. The molecule has 0 atom stereocenters. The zero-order chi connectivity index (χ0) is 13.3. The van der Waals surface area contributed by atoms with Crippen molar-refractivity contribution in [3.63, 3.8) is 0 Å². The number of hydrogen-bond acceptors (Lipinski definition) is 3. The van der Waals surface area contributed by atoms with Crippen LogP contribution in [0.2, 0.25) is 0 Å². The molecule has 1 aromatic rings. The molecule has 1 aromatic heterocycles. The van der Waals surface area contributed by atoms with E-state index in [4.69, 9.17) is 10.2 Å². The lowest BCUT2D eigenvalue weighted by molar-refractivity contribution is -0.157. The molecule has 0 aliphatic rings. The van der Waals surface area contributed by atoms with Gasteiger partial charge in [-0.3, -0.25) is 0 Å². The Hall–Kier alpha value is -1.04. The lowest BCUT2D eigenvalue weighted by Gasteiger charge is -2.16. The molecule has 0 aliphatic carbocycles. The molecule has 17 heavy (non-hydrogen) atoms. The maximum atomic E-state index is 12.5. The summed E-state index contributed by atoms with van der Waals surface area (Å²) in [4.78, 5) is 3.57. The van der Waals surface area contributed by atoms with Gasteiger partial charge in [0.25, 0.3) is 0 Å². The van der Waals surface area contributed by atoms with Gasteiger partial charge in [-0.2, -0.15) is 13.2 Å². The topological polar surface area (TPSA) is 52.0 Å². The van der Waals surface area contributed by atoms with Gasteiger partial charge in [0.15, 0.2) is 0 Å². The van der Waals surface area contributed by atoms with E-state index in [1.54, 1.807) is 20.8 Å². The molecule has 0 radical (unpaired) electrons. The highest BCUT2D eigenvalue weighted by Crippen LogP contribution is 2.34. The van der Waals surface area contributed by atoms with Gasteiger partial charge < -0.3 is 10.2 Å². The molecular weight excluding hydrogens is 233 g/mol. The number of aromatic nitrogens is 1. The van der Waals surface area contributed by atoms with Gasteiger partial charge in [-0.25, -0.2) is 4.98 Å². The van der Waals surface area contributed by atoms with Crippen LogP contribution in [-0.4, -0.2) is 11.5 Å². The van der Waals surface area contributed by atoms with E-state index < -0.39 is 17.5 Å². The molecule has 3 nitrogen and oxygen atoms in total. The minimum atomic E-state index is -4.54. The number of hydrogen-bond donors (Lipinski definition) is 1. The molecule has 0 unspecified atom stereocenters. The van der Waals surface area contributed by atoms with Crippen LogP contribution in [0.3, 0.4) is 0 Å². The summed E-state index contributed by atoms with van der Waals surface area (Å²) in [6.07, 6.45) is -3.58. The van der Waals surface area contributed by atoms with Crippen LogP contribution in [0.4, 0.5) is 13.2 Å². The van der Waals surface area contributed by atoms with Crippen molar-refractivity contribution in [2.45, 2.75) is 45.2 Å². The minimum Gasteiger partial charge on any atom is -0.438 e. The number of oxazole rings is 1. The van der Waals surface area contributed by atoms with E-state index in [0.29, 0.717) is 25.1 Å². The molecule has 98 valence electrons. The van der Waals surface area contributed by atoms with Gasteiger partial charge in [0.1, 0.15) is 5.76 Å². The van der Waals surface area contributed by atoms with Crippen molar-refractivity contribution in [2.75, 3.05) is 6.54 Å². The summed E-state index contributed by atoms with van der Waals surface area (Å²) in [6.45, 7) is 5.82. The van der Waals surface area contributed by atoms with Crippen molar-refractivity contribution in [3.05, 3.63) is 17.3 Å². The number of aryl methyl sites for hydroxylation is 1. The van der Waals surface area contributed by atoms with Gasteiger partial charge >= 0.3 is 12.1 Å². The SMILES string of the molecule is CC(C)(C)c1nc(C(F)(F)F)oc1CCCN. The highest BCUT2D eigenvalue weighted by molar-refractivity contribution is 5.19. The summed E-state index contributed by atoms with van der Waals surface area (Å²) in [7, 11) is 0. The summed E-state index contributed by atoms with van der Waals surface area (Å²) in [5, 5.41) is 0. The first kappa shape index (κ1) is 14.0. The molecular formula is C11H17F3N2O. The first-order valence-corrected chi connectivity index (χ1v) is 5.43. The highest BCUT2D eigenvalue weighted by Gasteiger charge is 2.39. The van der Waals surface area contributed by atoms with Gasteiger partial charge in [0.2, 0.25) is 0 Å². The fraction of sp³-hybridized carbons (Fsp3) is 0.727. The third kappa shape index (κ3) is 3.46. The van der Waals surface area contributed by atoms with E-state index in [9.17, 15) is 13.2 Å². The van der Waals surface area contributed by atoms with Crippen LogP contribution in [0.25, 0.3) is 0 Å². The third-order valence-electron chi connectivity index (χ3n) is 2.26. The van der Waals surface area contributed by atoms with Gasteiger partial charge in [-0.15, -0.1) is 0 Å². The molecule has 1 heterocycles. The van der Waals surface area contributed by atoms with Gasteiger partial charge in [0, 0.05) is 11.8 Å². The van der Waals surface area contributed by atoms with Crippen LogP contribution in [0.5, 0.6) is 0 Å². The minimum absolute atomic E-state index is 0.287. The van der Waals surface area contributed by atoms with Gasteiger partial charge in [-0.1, -0.05) is 20.8 Å². The maximum absolute atomic E-state index is 12.5. The van der Waals surface area contributed by atoms with Crippen molar-refractivity contribution < 1.29 is 17.6 Å². The molecule has 0 saturated carbocycles. The molecule has 0 fully saturated rings. The zero-order valence-corrected chi connectivity index (χ0v) is 10.2. The largest absolute Gasteiger partial charge is 0.468 e. The molecule has 2 N–H and O–H groups in total. The molecule has 0 saturated heterocycles. The van der Waals surface area contributed by atoms with Gasteiger partial charge in [0.05, 0.1) is 5.69 Å². The van der Waals surface area contributed by atoms with Crippen LogP contribution in [-0.2, 0) is 18.0 Å². The van der Waals surface area contributed by atoms with Crippen molar-refractivity contribution >= 4 is 0 Å². The Morgan fingerprint density at radius 1 is 1.24 bits per heavy atom. The Labute approximate surface area is 98.2 Å². The van der Waals surface area contributed by atoms with Crippen LogP contribution in [0.15, 0.2) is 4.42 Å². The average Bonchev–Trinajstić information content (AvgIpc) is 2.56. The monoisotopic (exact) mass is 250 g/mol. The highest BCUT2D eigenvalue weighted by atomic mass is 19.4. The molecule has 0 bridgehead atoms. The number of nitrogens with zero attached hydrogens (tertiary/aromatic N) is 1. The molecule has 0 aliphatic heterocycles. The van der Waals surface area contributed by atoms with Crippen molar-refractivity contribution in [1.82, 2.24) is 4.98 Å². The van der Waals surface area contributed by atoms with E-state index in [0.717, 1.165) is 0 Å². The smallest absolute Gasteiger partial charge is 0.438 e. The number of alkyl halides is 3. The van der Waals surface area contributed by atoms with Crippen molar-refractivity contribution in [1.29, 1.82) is 0 Å². The zero-order valence-electron chi connectivity index (χ0n) is 10.2. The van der Waals surface area contributed by atoms with Gasteiger partial charge in [-0.05, 0) is 13.0 Å². The van der Waals surface area contributed by atoms with E-state index in [-0.39, 0.29) is 5.76 Å². The second-order valence-corrected chi connectivity index (χ2v) is 4.93. The summed E-state index contributed by atoms with van der Waals surface area (Å²) >= 11 is 0. The Kier molecular flexibility index (Phi) is 3.86. The average molecular weight is 250 g/mol. The molecule has 0 amide bonds. The first-order valence-electron chi connectivity index (χ1n) is 5.43. The number of rotatable bonds is 3. The summed E-state index contributed by atoms with van der Waals surface area (Å²) in [5.74, 6) is -0.885. The van der Waals surface area contributed by atoms with E-state index in [2.05, 4.69) is 4.98 Å². The van der Waals surface area contributed by atoms with Crippen LogP contribution >= 0.6 is 0 Å². The lowest BCUT2D eigenvalue weighted by Crippen LogP contribution is -2.15. The van der Waals surface area contributed by atoms with Crippen molar-refractivity contribution in [3.8, 4) is 0 Å². The first-order chi connectivity index (χ1) is 7.66. The Morgan fingerprint density at radius 2 is 1.82 bits per heavy atom. The van der Waals surface area contributed by atoms with Crippen molar-refractivity contribution in [2.24, 2.45) is 5.73 Å². The number of halogens is 3. The second-order valence-electron chi connectivity index (χ2n) is 4.93. The fourth-order valence-electron chi connectivity index (χ4n) is 1.49. The molecule has 6 heteroatoms. The lowest BCUT2D eigenvalue weighted by atomic mass is 9.90. The predicted octanol–water partition coefficient (Wildman–Crippen LogP) is 2.88. The Balaban J connectivity index is 3.13. The summed E-state index contributed by atoms with van der Waals surface area (Å²) in [6, 6.07) is 0. The van der Waals surface area contributed by atoms with Crippen LogP contribution in [0.1, 0.15) is 44.5 Å². The fourth-order valence-corrected chi connectivity index (χ4v) is 1.49. The second kappa shape index (κ2) is 4.68. The van der Waals surface area contributed by atoms with E-state index >= 15 is 0 Å². The normalized spacial score (nSPS) is 13.1. The van der Waals surface area contributed by atoms with Crippen LogP contribution in [0, 0.1) is 0 Å². The third-order valence-corrected chi connectivity index (χ3v) is 2.26. The molecule has 1 rings (SSSR count). The van der Waals surface area contributed by atoms with Crippen LogP contribution < -0.4 is 5.73 Å². The predicted molar refractivity (Wildman–Crippen MR) is 57.6 cm³/mol.